The van der Waals surface area contributed by atoms with E-state index < -0.39 is 0 Å². The first-order valence-corrected chi connectivity index (χ1v) is 6.34. The minimum Gasteiger partial charge on any atom is -0.367 e. The number of carbonyl (C=O) groups is 1. The van der Waals surface area contributed by atoms with Crippen LogP contribution in [0.2, 0.25) is 5.02 Å². The molecule has 0 saturated heterocycles. The number of hydrogen-bond donors (Lipinski definition) is 2. The maximum atomic E-state index is 11.7. The maximum Gasteiger partial charge on any atom is 0.242 e. The van der Waals surface area contributed by atoms with Crippen LogP contribution in [0.5, 0.6) is 0 Å². The van der Waals surface area contributed by atoms with Crippen molar-refractivity contribution in [1.29, 1.82) is 0 Å². The number of nitrogen functional groups attached to an aromatic ring is 1. The molecule has 2 aromatic heterocycles. The third kappa shape index (κ3) is 3.05. The van der Waals surface area contributed by atoms with E-state index in [4.69, 9.17) is 17.3 Å². The van der Waals surface area contributed by atoms with E-state index in [-0.39, 0.29) is 18.4 Å². The highest BCUT2D eigenvalue weighted by Crippen LogP contribution is 2.18. The van der Waals surface area contributed by atoms with Crippen LogP contribution in [0.3, 0.4) is 0 Å². The Morgan fingerprint density at radius 2 is 2.15 bits per heavy atom. The number of anilines is 1. The lowest BCUT2D eigenvalue weighted by Crippen LogP contribution is -2.31. The number of carbonyl (C=O) groups excluding carboxylic acids is 1. The van der Waals surface area contributed by atoms with Gasteiger partial charge in [0.25, 0.3) is 0 Å². The number of aryl methyl sites for hydroxylation is 1. The van der Waals surface area contributed by atoms with Gasteiger partial charge in [-0.15, -0.1) is 0 Å². The van der Waals surface area contributed by atoms with Crippen molar-refractivity contribution in [2.24, 2.45) is 0 Å². The van der Waals surface area contributed by atoms with E-state index in [0.717, 1.165) is 11.4 Å². The predicted octanol–water partition coefficient (Wildman–Crippen LogP) is -0.462. The fraction of sp³-hybridized carbons (Fsp3) is 0.500. The molecule has 0 aromatic carbocycles. The van der Waals surface area contributed by atoms with Gasteiger partial charge in [0, 0.05) is 6.54 Å². The molecule has 0 aliphatic rings. The largest absolute Gasteiger partial charge is 0.367 e. The number of tetrazole rings is 1. The molecular formula is C10H15ClN8O. The van der Waals surface area contributed by atoms with Crippen molar-refractivity contribution >= 4 is 23.5 Å². The number of hydrogen-bond acceptors (Lipinski definition) is 6. The molecule has 0 aliphatic heterocycles. The summed E-state index contributed by atoms with van der Waals surface area (Å²) in [7, 11) is 0. The molecule has 10 heteroatoms. The Balaban J connectivity index is 1.82. The molecule has 0 bridgehead atoms. The third-order valence-corrected chi connectivity index (χ3v) is 3.34. The van der Waals surface area contributed by atoms with Crippen LogP contribution in [0, 0.1) is 13.8 Å². The fourth-order valence-electron chi connectivity index (χ4n) is 1.71. The first kappa shape index (κ1) is 14.3. The molecule has 0 aliphatic carbocycles. The average Bonchev–Trinajstić information content (AvgIpc) is 2.90. The minimum absolute atomic E-state index is 0.0172. The topological polar surface area (TPSA) is 117 Å². The van der Waals surface area contributed by atoms with E-state index in [9.17, 15) is 4.79 Å². The van der Waals surface area contributed by atoms with Crippen LogP contribution < -0.4 is 11.1 Å². The van der Waals surface area contributed by atoms with Gasteiger partial charge in [-0.25, -0.2) is 4.68 Å². The summed E-state index contributed by atoms with van der Waals surface area (Å²) in [6, 6.07) is 0. The van der Waals surface area contributed by atoms with Crippen molar-refractivity contribution in [1.82, 2.24) is 35.3 Å². The van der Waals surface area contributed by atoms with Gasteiger partial charge in [0.05, 0.1) is 23.0 Å². The van der Waals surface area contributed by atoms with E-state index in [0.29, 0.717) is 18.1 Å². The highest BCUT2D eigenvalue weighted by atomic mass is 35.5. The Morgan fingerprint density at radius 1 is 1.40 bits per heavy atom. The quantitative estimate of drug-likeness (QED) is 0.771. The van der Waals surface area contributed by atoms with E-state index >= 15 is 0 Å². The first-order chi connectivity index (χ1) is 9.49. The minimum atomic E-state index is -0.225. The molecule has 108 valence electrons. The number of halogens is 1. The summed E-state index contributed by atoms with van der Waals surface area (Å²) in [4.78, 5) is 11.7. The van der Waals surface area contributed by atoms with Crippen molar-refractivity contribution in [3.63, 3.8) is 0 Å². The molecule has 3 N–H and O–H groups in total. The zero-order valence-electron chi connectivity index (χ0n) is 11.2. The lowest BCUT2D eigenvalue weighted by atomic mass is 10.4. The van der Waals surface area contributed by atoms with Crippen molar-refractivity contribution in [2.75, 3.05) is 12.3 Å². The molecule has 1 amide bonds. The molecule has 2 rings (SSSR count). The van der Waals surface area contributed by atoms with E-state index in [2.05, 4.69) is 25.9 Å². The molecule has 20 heavy (non-hydrogen) atoms. The second-order valence-electron chi connectivity index (χ2n) is 4.25. The Kier molecular flexibility index (Phi) is 4.18. The van der Waals surface area contributed by atoms with Gasteiger partial charge in [-0.05, 0) is 24.3 Å². The van der Waals surface area contributed by atoms with Crippen molar-refractivity contribution in [2.45, 2.75) is 26.9 Å². The number of aromatic nitrogens is 6. The summed E-state index contributed by atoms with van der Waals surface area (Å²) >= 11 is 6.04. The van der Waals surface area contributed by atoms with E-state index in [1.807, 2.05) is 13.8 Å². The van der Waals surface area contributed by atoms with Crippen LogP contribution in [0.1, 0.15) is 11.4 Å². The average molecular weight is 299 g/mol. The van der Waals surface area contributed by atoms with Gasteiger partial charge in [-0.2, -0.15) is 5.10 Å². The molecule has 0 unspecified atom stereocenters. The molecule has 0 radical (unpaired) electrons. The Labute approximate surface area is 120 Å². The Morgan fingerprint density at radius 3 is 2.70 bits per heavy atom. The summed E-state index contributed by atoms with van der Waals surface area (Å²) in [5.41, 5.74) is 7.12. The van der Waals surface area contributed by atoms with Gasteiger partial charge in [0.2, 0.25) is 11.9 Å². The van der Waals surface area contributed by atoms with Crippen LogP contribution in [0.25, 0.3) is 0 Å². The van der Waals surface area contributed by atoms with Crippen LogP contribution in [0.4, 0.5) is 5.95 Å². The van der Waals surface area contributed by atoms with Gasteiger partial charge in [-0.1, -0.05) is 16.7 Å². The summed E-state index contributed by atoms with van der Waals surface area (Å²) in [5.74, 6) is -0.123. The number of amides is 1. The summed E-state index contributed by atoms with van der Waals surface area (Å²) in [6.07, 6.45) is 0. The molecule has 9 nitrogen and oxygen atoms in total. The van der Waals surface area contributed by atoms with Crippen molar-refractivity contribution < 1.29 is 4.79 Å². The number of nitrogens with one attached hydrogen (secondary N) is 1. The summed E-state index contributed by atoms with van der Waals surface area (Å²) in [6.45, 7) is 4.67. The SMILES string of the molecule is Cc1nn(CCNC(=O)Cn2nnnc2N)c(C)c1Cl. The fourth-order valence-corrected chi connectivity index (χ4v) is 1.85. The molecular weight excluding hydrogens is 284 g/mol. The Hall–Kier alpha value is -2.16. The normalized spacial score (nSPS) is 10.8. The molecule has 2 heterocycles. The Bertz CT molecular complexity index is 619. The standard InChI is InChI=1S/C10H15ClN8O/c1-6-9(11)7(2)18(15-6)4-3-13-8(20)5-19-10(12)14-16-17-19/h3-5H2,1-2H3,(H,13,20)(H2,12,14,17). The highest BCUT2D eigenvalue weighted by molar-refractivity contribution is 6.31. The van der Waals surface area contributed by atoms with Crippen molar-refractivity contribution in [3.05, 3.63) is 16.4 Å². The second kappa shape index (κ2) is 5.87. The number of nitrogens with two attached hydrogens (primary N) is 1. The molecule has 0 spiro atoms. The van der Waals surface area contributed by atoms with Crippen LogP contribution in [-0.2, 0) is 17.9 Å². The van der Waals surface area contributed by atoms with Gasteiger partial charge in [0.1, 0.15) is 6.54 Å². The molecule has 0 fully saturated rings. The van der Waals surface area contributed by atoms with Crippen molar-refractivity contribution in [3.8, 4) is 0 Å². The molecule has 0 saturated carbocycles. The lowest BCUT2D eigenvalue weighted by molar-refractivity contribution is -0.121. The molecule has 2 aromatic rings. The smallest absolute Gasteiger partial charge is 0.242 e. The van der Waals surface area contributed by atoms with Gasteiger partial charge < -0.3 is 11.1 Å². The zero-order valence-corrected chi connectivity index (χ0v) is 11.9. The first-order valence-electron chi connectivity index (χ1n) is 5.97. The monoisotopic (exact) mass is 298 g/mol. The maximum absolute atomic E-state index is 11.7. The van der Waals surface area contributed by atoms with Gasteiger partial charge in [-0.3, -0.25) is 9.48 Å². The lowest BCUT2D eigenvalue weighted by Gasteiger charge is -2.07. The summed E-state index contributed by atoms with van der Waals surface area (Å²) < 4.78 is 2.97. The van der Waals surface area contributed by atoms with E-state index in [1.54, 1.807) is 4.68 Å². The van der Waals surface area contributed by atoms with Gasteiger partial charge >= 0.3 is 0 Å². The van der Waals surface area contributed by atoms with Crippen LogP contribution in [-0.4, -0.2) is 42.4 Å². The summed E-state index contributed by atoms with van der Waals surface area (Å²) in [5, 5.41) is 18.1. The zero-order chi connectivity index (χ0) is 14.7. The van der Waals surface area contributed by atoms with E-state index in [1.165, 1.54) is 4.68 Å². The molecule has 0 atom stereocenters. The van der Waals surface area contributed by atoms with Gasteiger partial charge in [0.15, 0.2) is 0 Å². The highest BCUT2D eigenvalue weighted by Gasteiger charge is 2.10. The number of rotatable bonds is 5. The second-order valence-corrected chi connectivity index (χ2v) is 4.63. The van der Waals surface area contributed by atoms with Crippen LogP contribution in [0.15, 0.2) is 0 Å². The predicted molar refractivity (Wildman–Crippen MR) is 72.0 cm³/mol. The third-order valence-electron chi connectivity index (χ3n) is 2.79. The van der Waals surface area contributed by atoms with Crippen LogP contribution >= 0.6 is 11.6 Å². The number of nitrogens with zero attached hydrogens (tertiary/aromatic N) is 6.